The van der Waals surface area contributed by atoms with E-state index in [1.807, 2.05) is 44.1 Å². The van der Waals surface area contributed by atoms with Crippen molar-refractivity contribution in [1.29, 1.82) is 0 Å². The highest BCUT2D eigenvalue weighted by atomic mass is 35.5. The van der Waals surface area contributed by atoms with E-state index in [4.69, 9.17) is 21.3 Å². The molecule has 1 N–H and O–H groups in total. The van der Waals surface area contributed by atoms with Gasteiger partial charge in [0.05, 0.1) is 19.2 Å². The normalized spacial score (nSPS) is 19.1. The van der Waals surface area contributed by atoms with Crippen molar-refractivity contribution in [2.45, 2.75) is 19.4 Å². The Morgan fingerprint density at radius 1 is 1.30 bits per heavy atom. The summed E-state index contributed by atoms with van der Waals surface area (Å²) in [6.45, 7) is 5.08. The molecule has 1 atom stereocenters. The zero-order valence-corrected chi connectivity index (χ0v) is 18.3. The molecular formula is C21H27ClN6O2. The van der Waals surface area contributed by atoms with E-state index in [2.05, 4.69) is 15.3 Å². The maximum absolute atomic E-state index is 13.2. The smallest absolute Gasteiger partial charge is 0.272 e. The molecule has 0 radical (unpaired) electrons. The second-order valence-electron chi connectivity index (χ2n) is 7.94. The number of aryl methyl sites for hydroxylation is 1. The summed E-state index contributed by atoms with van der Waals surface area (Å²) in [4.78, 5) is 26.8. The van der Waals surface area contributed by atoms with Gasteiger partial charge in [-0.2, -0.15) is 4.98 Å². The molecular weight excluding hydrogens is 404 g/mol. The van der Waals surface area contributed by atoms with Crippen LogP contribution in [0.2, 0.25) is 5.02 Å². The summed E-state index contributed by atoms with van der Waals surface area (Å²) >= 11 is 6.68. The summed E-state index contributed by atoms with van der Waals surface area (Å²) in [7, 11) is 3.94. The average molecular weight is 431 g/mol. The Hall–Kier alpha value is -2.42. The Kier molecular flexibility index (Phi) is 6.08. The predicted molar refractivity (Wildman–Crippen MR) is 117 cm³/mol. The van der Waals surface area contributed by atoms with Crippen LogP contribution in [0.3, 0.4) is 0 Å². The van der Waals surface area contributed by atoms with Gasteiger partial charge >= 0.3 is 0 Å². The van der Waals surface area contributed by atoms with Gasteiger partial charge in [0.15, 0.2) is 0 Å². The molecule has 2 aromatic rings. The molecule has 0 aliphatic carbocycles. The van der Waals surface area contributed by atoms with Gasteiger partial charge in [0.25, 0.3) is 5.91 Å². The van der Waals surface area contributed by atoms with E-state index in [9.17, 15) is 4.79 Å². The molecule has 0 spiro atoms. The van der Waals surface area contributed by atoms with E-state index >= 15 is 0 Å². The number of likely N-dealkylation sites (N-methyl/N-ethyl adjacent to an activating group) is 1. The molecule has 1 fully saturated rings. The molecule has 160 valence electrons. The van der Waals surface area contributed by atoms with Crippen LogP contribution in [0, 0.1) is 6.92 Å². The van der Waals surface area contributed by atoms with Gasteiger partial charge in [0.1, 0.15) is 5.82 Å². The minimum absolute atomic E-state index is 0.0874. The van der Waals surface area contributed by atoms with E-state index in [1.165, 1.54) is 0 Å². The van der Waals surface area contributed by atoms with E-state index < -0.39 is 0 Å². The van der Waals surface area contributed by atoms with Crippen molar-refractivity contribution in [3.8, 4) is 0 Å². The van der Waals surface area contributed by atoms with Crippen molar-refractivity contribution in [1.82, 2.24) is 19.9 Å². The van der Waals surface area contributed by atoms with Crippen LogP contribution in [0.25, 0.3) is 0 Å². The largest absolute Gasteiger partial charge is 0.379 e. The zero-order chi connectivity index (χ0) is 21.3. The maximum atomic E-state index is 13.2. The Bertz CT molecular complexity index is 938. The number of aromatic nitrogens is 2. The molecule has 1 unspecified atom stereocenters. The molecule has 1 aromatic heterocycles. The standard InChI is InChI=1S/C21H27ClN6O2/c1-14-11-19-24-21(23-14)25-28(9-8-26(2)3)20(29)15-5-6-16(17(22)12-15)18-13-30-10-4-7-27(18)19/h5-6,11-12,18H,4,7-10,13H2,1-3H3,(H,23,24,25). The van der Waals surface area contributed by atoms with Crippen molar-refractivity contribution in [2.75, 3.05) is 57.3 Å². The molecule has 1 saturated heterocycles. The van der Waals surface area contributed by atoms with Gasteiger partial charge in [0.2, 0.25) is 5.95 Å². The first kappa shape index (κ1) is 20.8. The third-order valence-electron chi connectivity index (χ3n) is 5.33. The maximum Gasteiger partial charge on any atom is 0.272 e. The van der Waals surface area contributed by atoms with E-state index in [1.54, 1.807) is 11.1 Å². The Balaban J connectivity index is 1.84. The lowest BCUT2D eigenvalue weighted by Gasteiger charge is -2.33. The number of benzene rings is 1. The van der Waals surface area contributed by atoms with E-state index in [0.717, 1.165) is 30.0 Å². The Labute approximate surface area is 181 Å². The number of hydrogen-bond donors (Lipinski definition) is 1. The minimum Gasteiger partial charge on any atom is -0.379 e. The van der Waals surface area contributed by atoms with E-state index in [-0.39, 0.29) is 11.9 Å². The SMILES string of the molecule is Cc1cc2nc(n1)NN(CCN(C)C)C(=O)c1ccc(c(Cl)c1)C1COCCCN21. The molecule has 4 heterocycles. The number of amides is 1. The van der Waals surface area contributed by atoms with Gasteiger partial charge in [-0.05, 0) is 45.1 Å². The highest BCUT2D eigenvalue weighted by Gasteiger charge is 2.29. The highest BCUT2D eigenvalue weighted by Crippen LogP contribution is 2.34. The quantitative estimate of drug-likeness (QED) is 0.802. The molecule has 1 amide bonds. The van der Waals surface area contributed by atoms with Gasteiger partial charge in [-0.3, -0.25) is 10.2 Å². The molecule has 0 saturated carbocycles. The van der Waals surface area contributed by atoms with Crippen molar-refractivity contribution in [3.63, 3.8) is 0 Å². The van der Waals surface area contributed by atoms with Crippen LogP contribution >= 0.6 is 11.6 Å². The number of halogens is 1. The highest BCUT2D eigenvalue weighted by molar-refractivity contribution is 6.31. The predicted octanol–water partition coefficient (Wildman–Crippen LogP) is 2.75. The number of fused-ring (bicyclic) bond motifs is 4. The first-order chi connectivity index (χ1) is 14.4. The first-order valence-corrected chi connectivity index (χ1v) is 10.5. The topological polar surface area (TPSA) is 73.8 Å². The molecule has 30 heavy (non-hydrogen) atoms. The van der Waals surface area contributed by atoms with Crippen LogP contribution in [0.15, 0.2) is 24.3 Å². The molecule has 4 bridgehead atoms. The monoisotopic (exact) mass is 430 g/mol. The van der Waals surface area contributed by atoms with E-state index in [0.29, 0.717) is 42.8 Å². The van der Waals surface area contributed by atoms with Crippen molar-refractivity contribution >= 4 is 29.3 Å². The Morgan fingerprint density at radius 3 is 2.90 bits per heavy atom. The first-order valence-electron chi connectivity index (χ1n) is 10.1. The number of nitrogens with one attached hydrogen (secondary N) is 1. The molecule has 3 aliphatic heterocycles. The van der Waals surface area contributed by atoms with Crippen LogP contribution in [-0.2, 0) is 4.74 Å². The van der Waals surface area contributed by atoms with Crippen LogP contribution in [-0.4, -0.2) is 72.7 Å². The van der Waals surface area contributed by atoms with Gasteiger partial charge in [-0.25, -0.2) is 9.99 Å². The van der Waals surface area contributed by atoms with Crippen molar-refractivity contribution < 1.29 is 9.53 Å². The van der Waals surface area contributed by atoms with Crippen LogP contribution in [0.1, 0.15) is 34.1 Å². The summed E-state index contributed by atoms with van der Waals surface area (Å²) in [5.41, 5.74) is 5.41. The number of ether oxygens (including phenoxy) is 1. The van der Waals surface area contributed by atoms with Crippen LogP contribution in [0.4, 0.5) is 11.8 Å². The third kappa shape index (κ3) is 4.35. The summed E-state index contributed by atoms with van der Waals surface area (Å²) in [5.74, 6) is 1.02. The van der Waals surface area contributed by atoms with Crippen molar-refractivity contribution in [2.24, 2.45) is 0 Å². The lowest BCUT2D eigenvalue weighted by Crippen LogP contribution is -2.42. The second-order valence-corrected chi connectivity index (χ2v) is 8.34. The molecule has 8 nitrogen and oxygen atoms in total. The van der Waals surface area contributed by atoms with Crippen molar-refractivity contribution in [3.05, 3.63) is 46.1 Å². The second kappa shape index (κ2) is 8.75. The number of nitrogens with zero attached hydrogens (tertiary/aromatic N) is 5. The van der Waals surface area contributed by atoms with Gasteiger partial charge in [-0.1, -0.05) is 17.7 Å². The summed E-state index contributed by atoms with van der Waals surface area (Å²) in [5, 5.41) is 2.11. The number of carbonyl (C=O) groups excluding carboxylic acids is 1. The van der Waals surface area contributed by atoms with Gasteiger partial charge in [-0.15, -0.1) is 0 Å². The number of hydrazine groups is 1. The lowest BCUT2D eigenvalue weighted by atomic mass is 10.0. The molecule has 3 aliphatic rings. The fraction of sp³-hybridized carbons (Fsp3) is 0.476. The summed E-state index contributed by atoms with van der Waals surface area (Å²) in [6, 6.07) is 7.38. The molecule has 9 heteroatoms. The summed E-state index contributed by atoms with van der Waals surface area (Å²) in [6.07, 6.45) is 0.894. The molecule has 5 rings (SSSR count). The van der Waals surface area contributed by atoms with Crippen LogP contribution in [0.5, 0.6) is 0 Å². The number of anilines is 2. The average Bonchev–Trinajstić information content (AvgIpc) is 2.95. The number of hydrogen-bond acceptors (Lipinski definition) is 7. The Morgan fingerprint density at radius 2 is 2.13 bits per heavy atom. The fourth-order valence-corrected chi connectivity index (χ4v) is 4.08. The van der Waals surface area contributed by atoms with Crippen LogP contribution < -0.4 is 10.3 Å². The summed E-state index contributed by atoms with van der Waals surface area (Å²) < 4.78 is 5.85. The number of rotatable bonds is 3. The number of carbonyl (C=O) groups is 1. The zero-order valence-electron chi connectivity index (χ0n) is 17.6. The molecule has 1 aromatic carbocycles. The third-order valence-corrected chi connectivity index (χ3v) is 5.66. The lowest BCUT2D eigenvalue weighted by molar-refractivity contribution is 0.0782. The van der Waals surface area contributed by atoms with Gasteiger partial charge in [0, 0.05) is 42.0 Å². The minimum atomic E-state index is -0.175. The van der Waals surface area contributed by atoms with Gasteiger partial charge < -0.3 is 14.5 Å². The fourth-order valence-electron chi connectivity index (χ4n) is 3.77.